The highest BCUT2D eigenvalue weighted by Gasteiger charge is 2.31. The second-order valence-electron chi connectivity index (χ2n) is 6.83. The number of carbonyl (C=O) groups is 2. The van der Waals surface area contributed by atoms with Crippen LogP contribution in [0.3, 0.4) is 0 Å². The summed E-state index contributed by atoms with van der Waals surface area (Å²) in [4.78, 5) is 28.5. The van der Waals surface area contributed by atoms with Gasteiger partial charge in [-0.1, -0.05) is 0 Å². The van der Waals surface area contributed by atoms with Crippen molar-refractivity contribution in [2.45, 2.75) is 12.7 Å². The third-order valence-corrected chi connectivity index (χ3v) is 4.76. The van der Waals surface area contributed by atoms with Gasteiger partial charge < -0.3 is 13.7 Å². The Morgan fingerprint density at radius 3 is 2.44 bits per heavy atom. The molecule has 0 aliphatic carbocycles. The molecule has 32 heavy (non-hydrogen) atoms. The number of imidazole rings is 1. The van der Waals surface area contributed by atoms with Gasteiger partial charge in [0.1, 0.15) is 5.76 Å². The number of halogens is 3. The van der Waals surface area contributed by atoms with Gasteiger partial charge in [0.05, 0.1) is 42.1 Å². The van der Waals surface area contributed by atoms with Crippen molar-refractivity contribution in [3.63, 3.8) is 0 Å². The van der Waals surface area contributed by atoms with Gasteiger partial charge in [-0.25, -0.2) is 9.78 Å². The quantitative estimate of drug-likeness (QED) is 0.451. The molecule has 2 heterocycles. The number of rotatable bonds is 5. The van der Waals surface area contributed by atoms with E-state index in [0.29, 0.717) is 11.3 Å². The topological polar surface area (TPSA) is 86.4 Å². The van der Waals surface area contributed by atoms with Gasteiger partial charge >= 0.3 is 12.1 Å². The fourth-order valence-electron chi connectivity index (χ4n) is 3.17. The van der Waals surface area contributed by atoms with Crippen LogP contribution >= 0.6 is 0 Å². The van der Waals surface area contributed by atoms with E-state index in [-0.39, 0.29) is 29.1 Å². The van der Waals surface area contributed by atoms with E-state index in [1.165, 1.54) is 43.7 Å². The summed E-state index contributed by atoms with van der Waals surface area (Å²) < 4.78 is 50.9. The van der Waals surface area contributed by atoms with Gasteiger partial charge in [0, 0.05) is 5.56 Å². The second-order valence-corrected chi connectivity index (χ2v) is 6.83. The fourth-order valence-corrected chi connectivity index (χ4v) is 3.17. The number of aromatic nitrogens is 2. The van der Waals surface area contributed by atoms with Crippen LogP contribution in [0.2, 0.25) is 0 Å². The number of fused-ring (bicyclic) bond motifs is 1. The summed E-state index contributed by atoms with van der Waals surface area (Å²) in [5, 5.41) is 2.62. The van der Waals surface area contributed by atoms with Crippen LogP contribution in [0.5, 0.6) is 0 Å². The van der Waals surface area contributed by atoms with Gasteiger partial charge in [0.15, 0.2) is 0 Å². The average molecular weight is 443 g/mol. The zero-order valence-electron chi connectivity index (χ0n) is 16.6. The van der Waals surface area contributed by atoms with Crippen LogP contribution in [-0.4, -0.2) is 28.5 Å². The third-order valence-electron chi connectivity index (χ3n) is 4.76. The number of esters is 1. The zero-order valence-corrected chi connectivity index (χ0v) is 16.6. The molecule has 0 aliphatic rings. The Morgan fingerprint density at radius 1 is 1.09 bits per heavy atom. The minimum absolute atomic E-state index is 0.0535. The molecule has 0 fully saturated rings. The highest BCUT2D eigenvalue weighted by atomic mass is 19.4. The van der Waals surface area contributed by atoms with Crippen molar-refractivity contribution in [2.75, 3.05) is 12.4 Å². The normalized spacial score (nSPS) is 11.5. The number of benzene rings is 2. The molecule has 0 aliphatic heterocycles. The van der Waals surface area contributed by atoms with E-state index in [9.17, 15) is 22.8 Å². The number of nitrogens with zero attached hydrogens (tertiary/aromatic N) is 2. The number of amides is 1. The molecule has 164 valence electrons. The number of hydrogen-bond acceptors (Lipinski definition) is 5. The Balaban J connectivity index is 1.69. The van der Waals surface area contributed by atoms with E-state index < -0.39 is 23.6 Å². The van der Waals surface area contributed by atoms with E-state index in [2.05, 4.69) is 15.0 Å². The highest BCUT2D eigenvalue weighted by molar-refractivity contribution is 6.04. The van der Waals surface area contributed by atoms with Gasteiger partial charge in [0.25, 0.3) is 5.91 Å². The summed E-state index contributed by atoms with van der Waals surface area (Å²) in [6.45, 7) is 0.145. The number of alkyl halides is 3. The van der Waals surface area contributed by atoms with Crippen molar-refractivity contribution >= 4 is 28.9 Å². The monoisotopic (exact) mass is 443 g/mol. The number of anilines is 1. The standard InChI is InChI=1S/C22H16F3N3O4/c1-31-20(30)14-6-4-13(5-7-14)19(29)27-21-26-17-11-15(22(23,24)25)8-9-18(17)28(21)12-16-3-2-10-32-16/h2-11H,12H2,1H3,(H,26,27,29). The first-order valence-corrected chi connectivity index (χ1v) is 9.36. The molecule has 2 aromatic carbocycles. The summed E-state index contributed by atoms with van der Waals surface area (Å²) in [7, 11) is 1.25. The summed E-state index contributed by atoms with van der Waals surface area (Å²) in [5.41, 5.74) is 0.122. The van der Waals surface area contributed by atoms with E-state index in [1.54, 1.807) is 16.7 Å². The minimum atomic E-state index is -4.52. The number of nitrogens with one attached hydrogen (secondary N) is 1. The Morgan fingerprint density at radius 2 is 1.81 bits per heavy atom. The molecule has 0 atom stereocenters. The van der Waals surface area contributed by atoms with Gasteiger partial charge in [-0.3, -0.25) is 10.1 Å². The molecule has 4 rings (SSSR count). The molecule has 2 aromatic heterocycles. The Bertz CT molecular complexity index is 1280. The lowest BCUT2D eigenvalue weighted by molar-refractivity contribution is -0.137. The number of furan rings is 1. The SMILES string of the molecule is COC(=O)c1ccc(C(=O)Nc2nc3cc(C(F)(F)F)ccc3n2Cc2ccco2)cc1. The fraction of sp³-hybridized carbons (Fsp3) is 0.136. The van der Waals surface area contributed by atoms with E-state index >= 15 is 0 Å². The van der Waals surface area contributed by atoms with E-state index in [4.69, 9.17) is 4.42 Å². The predicted molar refractivity (Wildman–Crippen MR) is 108 cm³/mol. The van der Waals surface area contributed by atoms with Crippen LogP contribution in [0.1, 0.15) is 32.0 Å². The molecule has 7 nitrogen and oxygen atoms in total. The van der Waals surface area contributed by atoms with E-state index in [1.807, 2.05) is 0 Å². The van der Waals surface area contributed by atoms with Gasteiger partial charge in [-0.05, 0) is 54.6 Å². The highest BCUT2D eigenvalue weighted by Crippen LogP contribution is 2.32. The van der Waals surface area contributed by atoms with Crippen molar-refractivity contribution in [2.24, 2.45) is 0 Å². The summed E-state index contributed by atoms with van der Waals surface area (Å²) >= 11 is 0. The van der Waals surface area contributed by atoms with Crippen LogP contribution in [-0.2, 0) is 17.5 Å². The first kappa shape index (κ1) is 21.2. The molecule has 0 spiro atoms. The number of methoxy groups -OCH3 is 1. The minimum Gasteiger partial charge on any atom is -0.467 e. The van der Waals surface area contributed by atoms with Crippen molar-refractivity contribution in [1.82, 2.24) is 9.55 Å². The van der Waals surface area contributed by atoms with Crippen molar-refractivity contribution in [3.05, 3.63) is 83.3 Å². The molecular weight excluding hydrogens is 427 g/mol. The molecule has 10 heteroatoms. The third kappa shape index (κ3) is 4.20. The number of ether oxygens (including phenoxy) is 1. The molecule has 0 unspecified atom stereocenters. The molecule has 4 aromatic rings. The predicted octanol–water partition coefficient (Wildman–Crippen LogP) is 4.74. The Hall–Kier alpha value is -4.08. The van der Waals surface area contributed by atoms with E-state index in [0.717, 1.165) is 12.1 Å². The second kappa shape index (κ2) is 8.22. The molecular formula is C22H16F3N3O4. The summed E-state index contributed by atoms with van der Waals surface area (Å²) in [6.07, 6.45) is -3.05. The molecule has 0 saturated carbocycles. The van der Waals surface area contributed by atoms with Crippen molar-refractivity contribution < 1.29 is 31.9 Å². The van der Waals surface area contributed by atoms with Gasteiger partial charge in [0.2, 0.25) is 5.95 Å². The Labute approximate surface area is 179 Å². The summed E-state index contributed by atoms with van der Waals surface area (Å²) in [6, 6.07) is 12.3. The van der Waals surface area contributed by atoms with Crippen molar-refractivity contribution in [3.8, 4) is 0 Å². The van der Waals surface area contributed by atoms with Gasteiger partial charge in [-0.15, -0.1) is 0 Å². The molecule has 0 bridgehead atoms. The van der Waals surface area contributed by atoms with Crippen LogP contribution in [0.4, 0.5) is 19.1 Å². The smallest absolute Gasteiger partial charge is 0.416 e. The van der Waals surface area contributed by atoms with Crippen molar-refractivity contribution in [1.29, 1.82) is 0 Å². The van der Waals surface area contributed by atoms with Crippen LogP contribution in [0, 0.1) is 0 Å². The van der Waals surface area contributed by atoms with Crippen LogP contribution < -0.4 is 5.32 Å². The lowest BCUT2D eigenvalue weighted by Gasteiger charge is -2.10. The lowest BCUT2D eigenvalue weighted by atomic mass is 10.1. The lowest BCUT2D eigenvalue weighted by Crippen LogP contribution is -2.16. The van der Waals surface area contributed by atoms with Gasteiger partial charge in [-0.2, -0.15) is 13.2 Å². The van der Waals surface area contributed by atoms with Crippen LogP contribution in [0.25, 0.3) is 11.0 Å². The molecule has 1 amide bonds. The maximum absolute atomic E-state index is 13.1. The molecule has 0 saturated heterocycles. The largest absolute Gasteiger partial charge is 0.467 e. The maximum atomic E-state index is 13.1. The molecule has 1 N–H and O–H groups in total. The maximum Gasteiger partial charge on any atom is 0.416 e. The number of carbonyl (C=O) groups excluding carboxylic acids is 2. The first-order valence-electron chi connectivity index (χ1n) is 9.36. The molecule has 0 radical (unpaired) electrons. The number of hydrogen-bond donors (Lipinski definition) is 1. The first-order chi connectivity index (χ1) is 15.3. The average Bonchev–Trinajstić information content (AvgIpc) is 3.40. The summed E-state index contributed by atoms with van der Waals surface area (Å²) in [5.74, 6) is -0.508. The zero-order chi connectivity index (χ0) is 22.9. The van der Waals surface area contributed by atoms with Crippen LogP contribution in [0.15, 0.2) is 65.3 Å². The Kier molecular flexibility index (Phi) is 5.43.